The maximum atomic E-state index is 12.4. The van der Waals surface area contributed by atoms with Crippen LogP contribution in [0, 0.1) is 0 Å². The second-order valence-corrected chi connectivity index (χ2v) is 5.25. The van der Waals surface area contributed by atoms with E-state index in [1.165, 1.54) is 6.07 Å². The smallest absolute Gasteiger partial charge is 0.252 e. The molecule has 6 nitrogen and oxygen atoms in total. The predicted molar refractivity (Wildman–Crippen MR) is 84.7 cm³/mol. The molecule has 0 aromatic carbocycles. The van der Waals surface area contributed by atoms with Gasteiger partial charge in [-0.25, -0.2) is 4.98 Å². The van der Waals surface area contributed by atoms with E-state index in [4.69, 9.17) is 0 Å². The minimum atomic E-state index is -0.248. The lowest BCUT2D eigenvalue weighted by Crippen LogP contribution is -2.31. The number of rotatable bonds is 6. The van der Waals surface area contributed by atoms with Gasteiger partial charge in [-0.15, -0.1) is 0 Å². The Hall–Kier alpha value is -2.37. The molecular formula is C16H22N4O2. The summed E-state index contributed by atoms with van der Waals surface area (Å²) in [5.41, 5.74) is 0.212. The van der Waals surface area contributed by atoms with E-state index in [1.807, 2.05) is 24.7 Å². The van der Waals surface area contributed by atoms with Crippen LogP contribution in [0.15, 0.2) is 35.5 Å². The van der Waals surface area contributed by atoms with Crippen molar-refractivity contribution >= 4 is 5.91 Å². The Morgan fingerprint density at radius 3 is 2.68 bits per heavy atom. The summed E-state index contributed by atoms with van der Waals surface area (Å²) in [6.07, 6.45) is 6.93. The van der Waals surface area contributed by atoms with Crippen molar-refractivity contribution in [3.63, 3.8) is 0 Å². The SMILES string of the molecule is CCC[C@@H](NC(=O)c1ccn(CC)c(=O)c1)c1nccn1C. The Balaban J connectivity index is 2.20. The summed E-state index contributed by atoms with van der Waals surface area (Å²) in [5, 5.41) is 2.97. The van der Waals surface area contributed by atoms with Crippen LogP contribution in [0.5, 0.6) is 0 Å². The van der Waals surface area contributed by atoms with E-state index in [0.29, 0.717) is 12.1 Å². The zero-order valence-corrected chi connectivity index (χ0v) is 13.2. The monoisotopic (exact) mass is 302 g/mol. The number of aromatic nitrogens is 3. The highest BCUT2D eigenvalue weighted by Gasteiger charge is 2.18. The zero-order chi connectivity index (χ0) is 16.1. The van der Waals surface area contributed by atoms with Gasteiger partial charge in [-0.2, -0.15) is 0 Å². The quantitative estimate of drug-likeness (QED) is 0.885. The Morgan fingerprint density at radius 2 is 2.14 bits per heavy atom. The number of imidazole rings is 1. The normalized spacial score (nSPS) is 12.1. The van der Waals surface area contributed by atoms with E-state index in [9.17, 15) is 9.59 Å². The first kappa shape index (κ1) is 16.0. The van der Waals surface area contributed by atoms with Crippen LogP contribution in [-0.2, 0) is 13.6 Å². The van der Waals surface area contributed by atoms with Gasteiger partial charge in [0, 0.05) is 43.8 Å². The van der Waals surface area contributed by atoms with Gasteiger partial charge < -0.3 is 14.5 Å². The summed E-state index contributed by atoms with van der Waals surface area (Å²) in [7, 11) is 1.90. The molecule has 0 unspecified atom stereocenters. The molecule has 2 aromatic heterocycles. The van der Waals surface area contributed by atoms with Crippen molar-refractivity contribution in [1.29, 1.82) is 0 Å². The summed E-state index contributed by atoms with van der Waals surface area (Å²) in [4.78, 5) is 28.5. The van der Waals surface area contributed by atoms with E-state index in [2.05, 4.69) is 17.2 Å². The summed E-state index contributed by atoms with van der Waals surface area (Å²) in [6, 6.07) is 2.88. The molecule has 2 rings (SSSR count). The molecule has 2 aromatic rings. The third-order valence-electron chi connectivity index (χ3n) is 3.65. The lowest BCUT2D eigenvalue weighted by Gasteiger charge is -2.18. The molecule has 1 amide bonds. The number of amides is 1. The minimum Gasteiger partial charge on any atom is -0.342 e. The first-order valence-electron chi connectivity index (χ1n) is 7.55. The van der Waals surface area contributed by atoms with E-state index in [-0.39, 0.29) is 17.5 Å². The van der Waals surface area contributed by atoms with Gasteiger partial charge in [-0.3, -0.25) is 9.59 Å². The van der Waals surface area contributed by atoms with E-state index < -0.39 is 0 Å². The van der Waals surface area contributed by atoms with Crippen LogP contribution in [0.4, 0.5) is 0 Å². The van der Waals surface area contributed by atoms with Gasteiger partial charge >= 0.3 is 0 Å². The van der Waals surface area contributed by atoms with Crippen LogP contribution in [0.3, 0.4) is 0 Å². The number of hydrogen-bond acceptors (Lipinski definition) is 3. The number of carbonyl (C=O) groups excluding carboxylic acids is 1. The number of hydrogen-bond donors (Lipinski definition) is 1. The lowest BCUT2D eigenvalue weighted by molar-refractivity contribution is 0.0931. The van der Waals surface area contributed by atoms with Crippen molar-refractivity contribution in [2.24, 2.45) is 7.05 Å². The van der Waals surface area contributed by atoms with Crippen LogP contribution < -0.4 is 10.9 Å². The summed E-state index contributed by atoms with van der Waals surface area (Å²) >= 11 is 0. The Labute approximate surface area is 129 Å². The van der Waals surface area contributed by atoms with Crippen molar-refractivity contribution in [2.75, 3.05) is 0 Å². The average Bonchev–Trinajstić information content (AvgIpc) is 2.92. The molecule has 0 spiro atoms. The third-order valence-corrected chi connectivity index (χ3v) is 3.65. The number of aryl methyl sites for hydroxylation is 2. The maximum absolute atomic E-state index is 12.4. The summed E-state index contributed by atoms with van der Waals surface area (Å²) in [6.45, 7) is 4.54. The van der Waals surface area contributed by atoms with Crippen LogP contribution >= 0.6 is 0 Å². The molecule has 0 aliphatic carbocycles. The first-order valence-corrected chi connectivity index (χ1v) is 7.55. The van der Waals surface area contributed by atoms with Crippen molar-refractivity contribution in [1.82, 2.24) is 19.4 Å². The molecule has 6 heteroatoms. The summed E-state index contributed by atoms with van der Waals surface area (Å²) in [5.74, 6) is 0.568. The van der Waals surface area contributed by atoms with Gasteiger partial charge in [0.2, 0.25) is 0 Å². The highest BCUT2D eigenvalue weighted by molar-refractivity contribution is 5.94. The largest absolute Gasteiger partial charge is 0.342 e. The molecule has 22 heavy (non-hydrogen) atoms. The van der Waals surface area contributed by atoms with Gasteiger partial charge in [0.15, 0.2) is 0 Å². The number of nitrogens with one attached hydrogen (secondary N) is 1. The molecule has 0 saturated heterocycles. The third kappa shape index (κ3) is 3.44. The lowest BCUT2D eigenvalue weighted by atomic mass is 10.1. The topological polar surface area (TPSA) is 68.9 Å². The molecule has 0 saturated carbocycles. The molecule has 118 valence electrons. The van der Waals surface area contributed by atoms with Crippen LogP contribution in [0.1, 0.15) is 48.9 Å². The fourth-order valence-corrected chi connectivity index (χ4v) is 2.42. The molecule has 0 aliphatic heterocycles. The minimum absolute atomic E-state index is 0.161. The van der Waals surface area contributed by atoms with Gasteiger partial charge in [-0.1, -0.05) is 13.3 Å². The summed E-state index contributed by atoms with van der Waals surface area (Å²) < 4.78 is 3.45. The highest BCUT2D eigenvalue weighted by atomic mass is 16.2. The molecular weight excluding hydrogens is 280 g/mol. The molecule has 1 N–H and O–H groups in total. The number of pyridine rings is 1. The maximum Gasteiger partial charge on any atom is 0.252 e. The standard InChI is InChI=1S/C16H22N4O2/c1-4-6-13(15-17-8-10-19(15)3)18-16(22)12-7-9-20(5-2)14(21)11-12/h7-11,13H,4-6H2,1-3H3,(H,18,22)/t13-/m1/s1. The molecule has 1 atom stereocenters. The number of nitrogens with zero attached hydrogens (tertiary/aromatic N) is 3. The van der Waals surface area contributed by atoms with Crippen LogP contribution in [0.25, 0.3) is 0 Å². The highest BCUT2D eigenvalue weighted by Crippen LogP contribution is 2.16. The molecule has 0 fully saturated rings. The van der Waals surface area contributed by atoms with Crippen molar-refractivity contribution < 1.29 is 4.79 Å². The second kappa shape index (κ2) is 7.06. The van der Waals surface area contributed by atoms with Crippen LogP contribution in [0.2, 0.25) is 0 Å². The van der Waals surface area contributed by atoms with E-state index in [1.54, 1.807) is 23.0 Å². The zero-order valence-electron chi connectivity index (χ0n) is 13.2. The molecule has 0 aliphatic rings. The Kier molecular flexibility index (Phi) is 5.14. The fraction of sp³-hybridized carbons (Fsp3) is 0.438. The van der Waals surface area contributed by atoms with Crippen molar-refractivity contribution in [3.8, 4) is 0 Å². The number of carbonyl (C=O) groups is 1. The van der Waals surface area contributed by atoms with Crippen molar-refractivity contribution in [3.05, 3.63) is 52.5 Å². The van der Waals surface area contributed by atoms with Gasteiger partial charge in [0.1, 0.15) is 5.82 Å². The van der Waals surface area contributed by atoms with Gasteiger partial charge in [0.05, 0.1) is 6.04 Å². The van der Waals surface area contributed by atoms with E-state index >= 15 is 0 Å². The van der Waals surface area contributed by atoms with Gasteiger partial charge in [-0.05, 0) is 19.4 Å². The molecule has 0 radical (unpaired) electrons. The predicted octanol–water partition coefficient (Wildman–Crippen LogP) is 1.87. The first-order chi connectivity index (χ1) is 10.6. The Bertz CT molecular complexity index is 702. The average molecular weight is 302 g/mol. The molecule has 0 bridgehead atoms. The second-order valence-electron chi connectivity index (χ2n) is 5.25. The molecule has 2 heterocycles. The van der Waals surface area contributed by atoms with Crippen molar-refractivity contribution in [2.45, 2.75) is 39.3 Å². The van der Waals surface area contributed by atoms with Crippen LogP contribution in [-0.4, -0.2) is 20.0 Å². The Morgan fingerprint density at radius 1 is 1.36 bits per heavy atom. The van der Waals surface area contributed by atoms with E-state index in [0.717, 1.165) is 18.7 Å². The van der Waals surface area contributed by atoms with Gasteiger partial charge in [0.25, 0.3) is 11.5 Å². The fourth-order valence-electron chi connectivity index (χ4n) is 2.42.